The number of amides is 1. The quantitative estimate of drug-likeness (QED) is 0.0243. The van der Waals surface area contributed by atoms with Gasteiger partial charge in [-0.1, -0.05) is 328 Å². The number of hydrogen-bond acceptors (Lipinski definition) is 5. The fourth-order valence-corrected chi connectivity index (χ4v) is 11.0. The molecule has 1 amide bonds. The van der Waals surface area contributed by atoms with Crippen molar-refractivity contribution in [2.45, 2.75) is 328 Å². The van der Waals surface area contributed by atoms with Crippen molar-refractivity contribution in [3.63, 3.8) is 0 Å². The van der Waals surface area contributed by atoms with Crippen molar-refractivity contribution in [1.29, 1.82) is 0 Å². The van der Waals surface area contributed by atoms with Gasteiger partial charge in [-0.15, -0.1) is 0 Å². The van der Waals surface area contributed by atoms with Crippen molar-refractivity contribution in [2.24, 2.45) is 0 Å². The Morgan fingerprint density at radius 3 is 1.06 bits per heavy atom. The van der Waals surface area contributed by atoms with E-state index in [9.17, 15) is 19.4 Å². The first-order chi connectivity index (χ1) is 42.5. The van der Waals surface area contributed by atoms with Crippen molar-refractivity contribution in [1.82, 2.24) is 5.32 Å². The molecule has 0 bridgehead atoms. The third-order valence-corrected chi connectivity index (χ3v) is 16.9. The monoisotopic (exact) mass is 1230 g/mol. The van der Waals surface area contributed by atoms with Crippen LogP contribution in [0.4, 0.5) is 0 Å². The van der Waals surface area contributed by atoms with Crippen LogP contribution in [-0.4, -0.2) is 73.4 Å². The number of carbonyl (C=O) groups is 1. The van der Waals surface area contributed by atoms with Gasteiger partial charge in [0.05, 0.1) is 39.9 Å². The van der Waals surface area contributed by atoms with Gasteiger partial charge in [0.25, 0.3) is 0 Å². The predicted molar refractivity (Wildman–Crippen MR) is 382 cm³/mol. The second kappa shape index (κ2) is 67.3. The number of hydrogen-bond donors (Lipinski definition) is 3. The molecular weight excluding hydrogens is 1090 g/mol. The van der Waals surface area contributed by atoms with Crippen LogP contribution in [0.2, 0.25) is 0 Å². The van der Waals surface area contributed by atoms with Crippen LogP contribution in [0, 0.1) is 0 Å². The Hall–Kier alpha value is -3.10. The largest absolute Gasteiger partial charge is 0.472 e. The number of phosphoric ester groups is 1. The molecule has 3 atom stereocenters. The highest BCUT2D eigenvalue weighted by Crippen LogP contribution is 2.43. The summed E-state index contributed by atoms with van der Waals surface area (Å²) in [7, 11) is 1.54. The average Bonchev–Trinajstić information content (AvgIpc) is 3.71. The van der Waals surface area contributed by atoms with Crippen LogP contribution in [0.5, 0.6) is 0 Å². The summed E-state index contributed by atoms with van der Waals surface area (Å²) < 4.78 is 23.8. The predicted octanol–water partition coefficient (Wildman–Crippen LogP) is 23.6. The van der Waals surface area contributed by atoms with E-state index in [1.807, 2.05) is 27.2 Å². The first kappa shape index (κ1) is 83.9. The summed E-state index contributed by atoms with van der Waals surface area (Å²) in [5, 5.41) is 14.0. The number of rotatable bonds is 66. The molecule has 0 saturated carbocycles. The zero-order chi connectivity index (χ0) is 63.4. The summed E-state index contributed by atoms with van der Waals surface area (Å²) in [6.07, 6.45) is 101. The number of nitrogens with zero attached hydrogens (tertiary/aromatic N) is 1. The van der Waals surface area contributed by atoms with Crippen molar-refractivity contribution in [2.75, 3.05) is 40.9 Å². The highest BCUT2D eigenvalue weighted by Gasteiger charge is 2.28. The molecule has 0 rings (SSSR count). The lowest BCUT2D eigenvalue weighted by atomic mass is 10.0. The second-order valence-electron chi connectivity index (χ2n) is 25.6. The highest BCUT2D eigenvalue weighted by atomic mass is 31.2. The first-order valence-corrected chi connectivity index (χ1v) is 37.9. The number of likely N-dealkylation sites (N-methyl/N-ethyl adjacent to an activating group) is 1. The van der Waals surface area contributed by atoms with Gasteiger partial charge in [-0.25, -0.2) is 4.57 Å². The number of phosphoric acid groups is 1. The van der Waals surface area contributed by atoms with Gasteiger partial charge in [-0.2, -0.15) is 0 Å². The lowest BCUT2D eigenvalue weighted by Gasteiger charge is -2.25. The summed E-state index contributed by atoms with van der Waals surface area (Å²) in [6, 6.07) is -0.882. The zero-order valence-electron chi connectivity index (χ0n) is 57.5. The molecule has 0 aromatic heterocycles. The first-order valence-electron chi connectivity index (χ1n) is 36.4. The normalized spacial score (nSPS) is 14.3. The summed E-state index contributed by atoms with van der Waals surface area (Å²) in [6.45, 7) is 4.69. The third kappa shape index (κ3) is 70.2. The van der Waals surface area contributed by atoms with Gasteiger partial charge >= 0.3 is 7.82 Å². The van der Waals surface area contributed by atoms with Gasteiger partial charge in [0.1, 0.15) is 13.2 Å². The molecule has 8 nitrogen and oxygen atoms in total. The minimum Gasteiger partial charge on any atom is -0.387 e. The van der Waals surface area contributed by atoms with E-state index in [-0.39, 0.29) is 19.1 Å². The van der Waals surface area contributed by atoms with Gasteiger partial charge in [0, 0.05) is 6.42 Å². The SMILES string of the molecule is CC/C=C\C/C=C\C/C=C\C/C=C\C/C=C\C/C=C\C/C=C\CCCCCCCCCCCCCC(=O)NC(COP(=O)(O)OCC[N+](C)(C)C)C(O)/C=C/CC/C=C/CC/C=C/CCCCCCCCCCCCCCCCCCCCCCCC. The van der Waals surface area contributed by atoms with Crippen molar-refractivity contribution in [3.8, 4) is 0 Å². The molecule has 9 heteroatoms. The van der Waals surface area contributed by atoms with E-state index >= 15 is 0 Å². The van der Waals surface area contributed by atoms with E-state index in [1.54, 1.807) is 6.08 Å². The third-order valence-electron chi connectivity index (χ3n) is 15.9. The molecule has 0 aromatic carbocycles. The van der Waals surface area contributed by atoms with Crippen molar-refractivity contribution in [3.05, 3.63) is 122 Å². The number of aliphatic hydroxyl groups excluding tert-OH is 1. The van der Waals surface area contributed by atoms with Crippen LogP contribution in [0.1, 0.15) is 316 Å². The number of nitrogens with one attached hydrogen (secondary N) is 1. The van der Waals surface area contributed by atoms with Crippen LogP contribution in [0.3, 0.4) is 0 Å². The molecule has 3 N–H and O–H groups in total. The Kier molecular flexibility index (Phi) is 64.9. The molecule has 0 aromatic rings. The fraction of sp³-hybridized carbons (Fsp3) is 0.731. The Morgan fingerprint density at radius 1 is 0.402 bits per heavy atom. The number of unbranched alkanes of at least 4 members (excludes halogenated alkanes) is 35. The van der Waals surface area contributed by atoms with E-state index in [4.69, 9.17) is 9.05 Å². The van der Waals surface area contributed by atoms with Crippen LogP contribution in [0.15, 0.2) is 122 Å². The van der Waals surface area contributed by atoms with Gasteiger partial charge < -0.3 is 19.8 Å². The Bertz CT molecular complexity index is 1840. The molecule has 502 valence electrons. The van der Waals surface area contributed by atoms with E-state index < -0.39 is 20.0 Å². The summed E-state index contributed by atoms with van der Waals surface area (Å²) in [4.78, 5) is 23.4. The van der Waals surface area contributed by atoms with E-state index in [2.05, 4.69) is 129 Å². The Labute approximate surface area is 539 Å². The van der Waals surface area contributed by atoms with Crippen LogP contribution in [-0.2, 0) is 18.4 Å². The molecule has 0 spiro atoms. The average molecular weight is 1230 g/mol. The summed E-state index contributed by atoms with van der Waals surface area (Å²) in [5.41, 5.74) is 0. The number of carbonyl (C=O) groups excluding carboxylic acids is 1. The van der Waals surface area contributed by atoms with Crippen LogP contribution >= 0.6 is 7.82 Å². The molecule has 3 unspecified atom stereocenters. The summed E-state index contributed by atoms with van der Waals surface area (Å²) in [5.74, 6) is -0.196. The van der Waals surface area contributed by atoms with Crippen molar-refractivity contribution >= 4 is 13.7 Å². The van der Waals surface area contributed by atoms with Gasteiger partial charge in [-0.3, -0.25) is 13.8 Å². The lowest BCUT2D eigenvalue weighted by molar-refractivity contribution is -0.870. The molecule has 0 saturated heterocycles. The molecule has 87 heavy (non-hydrogen) atoms. The Balaban J connectivity index is 4.15. The molecular formula is C78H140N2O6P+. The molecule has 0 radical (unpaired) electrons. The molecule has 0 aliphatic rings. The van der Waals surface area contributed by atoms with E-state index in [0.29, 0.717) is 17.4 Å². The smallest absolute Gasteiger partial charge is 0.387 e. The zero-order valence-corrected chi connectivity index (χ0v) is 58.4. The van der Waals surface area contributed by atoms with Gasteiger partial charge in [-0.05, 0) is 103 Å². The fourth-order valence-electron chi connectivity index (χ4n) is 10.3. The maximum Gasteiger partial charge on any atom is 0.472 e. The molecule has 0 heterocycles. The molecule has 0 aliphatic carbocycles. The standard InChI is InChI=1S/C78H139N2O6P/c1-6-8-10-12-14-16-18-20-22-24-26-28-30-32-34-36-38-40-42-44-46-48-50-52-54-56-58-60-62-64-66-68-70-72-78(82)79-76(75-86-87(83,84)85-74-73-80(3,4)5)77(81)71-69-67-65-63-61-59-57-55-53-51-49-47-45-43-41-39-37-35-33-31-29-27-25-23-21-19-17-15-13-11-9-7-2/h8,10,14,16,20,22,26,28,32,34,38,40,44,46,53,55,61,63,69,71,76-77,81H,6-7,9,11-13,15,17-19,21,23-25,27,29-31,33,35-37,39,41-43,45,47-52,54,56-60,62,64-68,70,72-75H2,1-5H3,(H-,79,82,83,84)/p+1/b10-8-,16-14-,22-20-,28-26-,34-32-,40-38-,46-44-,55-53+,63-61+,71-69+. The molecule has 0 aliphatic heterocycles. The molecule has 0 fully saturated rings. The minimum atomic E-state index is -4.38. The number of allylic oxidation sites excluding steroid dienone is 19. The van der Waals surface area contributed by atoms with Crippen LogP contribution < -0.4 is 5.32 Å². The van der Waals surface area contributed by atoms with Crippen LogP contribution in [0.25, 0.3) is 0 Å². The number of quaternary nitrogens is 1. The maximum atomic E-state index is 13.1. The van der Waals surface area contributed by atoms with Gasteiger partial charge in [0.2, 0.25) is 5.91 Å². The number of aliphatic hydroxyl groups is 1. The van der Waals surface area contributed by atoms with Crippen molar-refractivity contribution < 1.29 is 32.9 Å². The topological polar surface area (TPSA) is 105 Å². The Morgan fingerprint density at radius 2 is 0.701 bits per heavy atom. The van der Waals surface area contributed by atoms with E-state index in [0.717, 1.165) is 89.9 Å². The lowest BCUT2D eigenvalue weighted by Crippen LogP contribution is -2.45. The second-order valence-corrected chi connectivity index (χ2v) is 27.0. The van der Waals surface area contributed by atoms with Gasteiger partial charge in [0.15, 0.2) is 0 Å². The highest BCUT2D eigenvalue weighted by molar-refractivity contribution is 7.47. The minimum absolute atomic E-state index is 0.0476. The summed E-state index contributed by atoms with van der Waals surface area (Å²) >= 11 is 0. The van der Waals surface area contributed by atoms with E-state index in [1.165, 1.54) is 205 Å². The maximum absolute atomic E-state index is 13.1.